The molecule has 0 radical (unpaired) electrons. The van der Waals surface area contributed by atoms with E-state index >= 15 is 0 Å². The zero-order chi connectivity index (χ0) is 12.7. The molecule has 2 heterocycles. The van der Waals surface area contributed by atoms with E-state index in [1.165, 1.54) is 24.5 Å². The summed E-state index contributed by atoms with van der Waals surface area (Å²) in [7, 11) is 0. The van der Waals surface area contributed by atoms with Crippen molar-refractivity contribution in [2.24, 2.45) is 0 Å². The van der Waals surface area contributed by atoms with Gasteiger partial charge >= 0.3 is 0 Å². The number of halogens is 1. The van der Waals surface area contributed by atoms with Crippen LogP contribution in [0.2, 0.25) is 0 Å². The topological polar surface area (TPSA) is 30.2 Å². The van der Waals surface area contributed by atoms with Gasteiger partial charge in [-0.05, 0) is 42.1 Å². The Bertz CT molecular complexity index is 786. The van der Waals surface area contributed by atoms with Crippen molar-refractivity contribution in [3.63, 3.8) is 0 Å². The lowest BCUT2D eigenvalue weighted by Crippen LogP contribution is -2.04. The third-order valence-electron chi connectivity index (χ3n) is 2.78. The summed E-state index contributed by atoms with van der Waals surface area (Å²) < 4.78 is 18.6. The Kier molecular flexibility index (Phi) is 2.52. The first kappa shape index (κ1) is 11.2. The van der Waals surface area contributed by atoms with Gasteiger partial charge in [-0.2, -0.15) is 0 Å². The lowest BCUT2D eigenvalue weighted by molar-refractivity contribution is 0.598. The first-order chi connectivity index (χ1) is 8.65. The molecule has 0 fully saturated rings. The van der Waals surface area contributed by atoms with E-state index in [1.54, 1.807) is 11.3 Å². The zero-order valence-electron chi connectivity index (χ0n) is 9.57. The van der Waals surface area contributed by atoms with Crippen molar-refractivity contribution in [2.75, 3.05) is 0 Å². The van der Waals surface area contributed by atoms with Crippen LogP contribution in [0.3, 0.4) is 0 Å². The van der Waals surface area contributed by atoms with Crippen LogP contribution in [0.1, 0.15) is 4.88 Å². The maximum absolute atomic E-state index is 13.2. The molecule has 0 bridgehead atoms. The van der Waals surface area contributed by atoms with Gasteiger partial charge in [-0.15, -0.1) is 11.3 Å². The van der Waals surface area contributed by atoms with Gasteiger partial charge in [0.2, 0.25) is 5.43 Å². The molecule has 0 saturated heterocycles. The fourth-order valence-corrected chi connectivity index (χ4v) is 2.59. The van der Waals surface area contributed by atoms with E-state index in [-0.39, 0.29) is 10.8 Å². The molecule has 0 atom stereocenters. The summed E-state index contributed by atoms with van der Waals surface area (Å²) in [5.41, 5.74) is 1.49. The lowest BCUT2D eigenvalue weighted by Gasteiger charge is -2.00. The van der Waals surface area contributed by atoms with Crippen LogP contribution in [0.4, 0.5) is 4.39 Å². The highest BCUT2D eigenvalue weighted by Crippen LogP contribution is 2.24. The third-order valence-corrected chi connectivity index (χ3v) is 3.64. The molecule has 0 N–H and O–H groups in total. The summed E-state index contributed by atoms with van der Waals surface area (Å²) in [5.74, 6) is -0.437. The summed E-state index contributed by atoms with van der Waals surface area (Å²) in [6.45, 7) is 1.97. The summed E-state index contributed by atoms with van der Waals surface area (Å²) in [6, 6.07) is 5.88. The lowest BCUT2D eigenvalue weighted by atomic mass is 10.1. The molecule has 0 saturated carbocycles. The average Bonchev–Trinajstić information content (AvgIpc) is 2.77. The predicted octanol–water partition coefficient (Wildman–Crippen LogP) is 3.97. The number of benzene rings is 1. The maximum atomic E-state index is 13.2. The molecule has 0 unspecified atom stereocenters. The van der Waals surface area contributed by atoms with E-state index in [0.717, 1.165) is 10.4 Å². The quantitative estimate of drug-likeness (QED) is 0.662. The number of aryl methyl sites for hydroxylation is 1. The normalized spacial score (nSPS) is 11.0. The van der Waals surface area contributed by atoms with Gasteiger partial charge in [0.15, 0.2) is 0 Å². The highest BCUT2D eigenvalue weighted by Gasteiger charge is 2.10. The molecule has 18 heavy (non-hydrogen) atoms. The van der Waals surface area contributed by atoms with Crippen molar-refractivity contribution < 1.29 is 8.81 Å². The highest BCUT2D eigenvalue weighted by molar-refractivity contribution is 7.10. The van der Waals surface area contributed by atoms with Gasteiger partial charge in [-0.1, -0.05) is 0 Å². The fourth-order valence-electron chi connectivity index (χ4n) is 1.89. The van der Waals surface area contributed by atoms with E-state index in [9.17, 15) is 9.18 Å². The van der Waals surface area contributed by atoms with E-state index in [1.807, 2.05) is 18.4 Å². The maximum Gasteiger partial charge on any atom is 0.200 e. The summed E-state index contributed by atoms with van der Waals surface area (Å²) in [6.07, 6.45) is 1.43. The van der Waals surface area contributed by atoms with Crippen LogP contribution in [0.5, 0.6) is 0 Å². The number of hydrogen-bond acceptors (Lipinski definition) is 3. The van der Waals surface area contributed by atoms with Crippen LogP contribution in [0, 0.1) is 12.7 Å². The molecule has 3 rings (SSSR count). The van der Waals surface area contributed by atoms with Crippen molar-refractivity contribution in [1.29, 1.82) is 0 Å². The van der Waals surface area contributed by atoms with E-state index in [2.05, 4.69) is 0 Å². The molecular formula is C14H9FO2S. The first-order valence-electron chi connectivity index (χ1n) is 5.42. The Morgan fingerprint density at radius 1 is 1.28 bits per heavy atom. The summed E-state index contributed by atoms with van der Waals surface area (Å²) >= 11 is 1.56. The Balaban J connectivity index is 2.32. The van der Waals surface area contributed by atoms with Gasteiger partial charge in [-0.3, -0.25) is 4.79 Å². The monoisotopic (exact) mass is 260 g/mol. The molecular weight excluding hydrogens is 251 g/mol. The third kappa shape index (κ3) is 1.75. The summed E-state index contributed by atoms with van der Waals surface area (Å²) in [4.78, 5) is 13.4. The van der Waals surface area contributed by atoms with Crippen molar-refractivity contribution in [1.82, 2.24) is 0 Å². The van der Waals surface area contributed by atoms with Crippen molar-refractivity contribution in [2.45, 2.75) is 6.92 Å². The second kappa shape index (κ2) is 4.07. The van der Waals surface area contributed by atoms with E-state index in [4.69, 9.17) is 4.42 Å². The van der Waals surface area contributed by atoms with Crippen LogP contribution in [-0.2, 0) is 0 Å². The molecule has 0 aliphatic rings. The number of hydrogen-bond donors (Lipinski definition) is 0. The zero-order valence-corrected chi connectivity index (χ0v) is 10.4. The largest absolute Gasteiger partial charge is 0.463 e. The van der Waals surface area contributed by atoms with Crippen LogP contribution in [0.15, 0.2) is 45.1 Å². The van der Waals surface area contributed by atoms with Gasteiger partial charge in [-0.25, -0.2) is 4.39 Å². The molecule has 4 heteroatoms. The number of fused-ring (bicyclic) bond motifs is 1. The van der Waals surface area contributed by atoms with Gasteiger partial charge in [0.05, 0.1) is 10.9 Å². The molecule has 3 aromatic rings. The van der Waals surface area contributed by atoms with Crippen molar-refractivity contribution >= 4 is 22.3 Å². The van der Waals surface area contributed by atoms with Crippen LogP contribution in [0.25, 0.3) is 22.1 Å². The van der Waals surface area contributed by atoms with Crippen molar-refractivity contribution in [3.8, 4) is 11.1 Å². The number of rotatable bonds is 1. The molecule has 90 valence electrons. The molecule has 2 aromatic heterocycles. The van der Waals surface area contributed by atoms with Gasteiger partial charge in [0, 0.05) is 4.88 Å². The van der Waals surface area contributed by atoms with Crippen LogP contribution in [-0.4, -0.2) is 0 Å². The minimum absolute atomic E-state index is 0.200. The minimum Gasteiger partial charge on any atom is -0.463 e. The predicted molar refractivity (Wildman–Crippen MR) is 70.5 cm³/mol. The van der Waals surface area contributed by atoms with Gasteiger partial charge in [0.25, 0.3) is 0 Å². The summed E-state index contributed by atoms with van der Waals surface area (Å²) in [5, 5.41) is 2.17. The van der Waals surface area contributed by atoms with Crippen molar-refractivity contribution in [3.05, 3.63) is 56.8 Å². The Morgan fingerprint density at radius 2 is 2.11 bits per heavy atom. The van der Waals surface area contributed by atoms with Gasteiger partial charge < -0.3 is 4.42 Å². The molecule has 2 nitrogen and oxygen atoms in total. The number of thiophene rings is 1. The molecule has 0 amide bonds. The van der Waals surface area contributed by atoms with Gasteiger partial charge in [0.1, 0.15) is 17.7 Å². The molecule has 0 aliphatic heterocycles. The Hall–Kier alpha value is -1.94. The minimum atomic E-state index is -0.437. The second-order valence-electron chi connectivity index (χ2n) is 4.07. The fraction of sp³-hybridized carbons (Fsp3) is 0.0714. The standard InChI is InChI=1S/C14H9FO2S/c1-8-4-9(7-18-8)12-6-17-13-3-2-10(15)5-11(13)14(12)16/h2-7H,1H3. The van der Waals surface area contributed by atoms with Crippen LogP contribution >= 0.6 is 11.3 Å². The molecule has 0 aliphatic carbocycles. The molecule has 0 spiro atoms. The second-order valence-corrected chi connectivity index (χ2v) is 5.18. The SMILES string of the molecule is Cc1cc(-c2coc3ccc(F)cc3c2=O)cs1. The smallest absolute Gasteiger partial charge is 0.200 e. The van der Waals surface area contributed by atoms with E-state index in [0.29, 0.717) is 11.1 Å². The van der Waals surface area contributed by atoms with Crippen LogP contribution < -0.4 is 5.43 Å². The Labute approximate surface area is 106 Å². The average molecular weight is 260 g/mol. The molecule has 1 aromatic carbocycles. The highest BCUT2D eigenvalue weighted by atomic mass is 32.1. The van der Waals surface area contributed by atoms with E-state index < -0.39 is 5.82 Å². The Morgan fingerprint density at radius 3 is 2.83 bits per heavy atom. The first-order valence-corrected chi connectivity index (χ1v) is 6.30.